The van der Waals surface area contributed by atoms with Gasteiger partial charge in [0.25, 0.3) is 0 Å². The Labute approximate surface area is 176 Å². The Bertz CT molecular complexity index is 1320. The Hall–Kier alpha value is -3.99. The van der Waals surface area contributed by atoms with E-state index in [1.54, 1.807) is 42.5 Å². The van der Waals surface area contributed by atoms with Gasteiger partial charge in [-0.2, -0.15) is 19.0 Å². The second-order valence-electron chi connectivity index (χ2n) is 7.42. The highest BCUT2D eigenvalue weighted by atomic mass is 19.1. The fourth-order valence-electron chi connectivity index (χ4n) is 3.26. The van der Waals surface area contributed by atoms with Crippen molar-refractivity contribution in [3.8, 4) is 28.7 Å². The first-order valence-electron chi connectivity index (χ1n) is 9.36. The van der Waals surface area contributed by atoms with Gasteiger partial charge >= 0.3 is 0 Å². The maximum Gasteiger partial charge on any atom is 0.224 e. The highest BCUT2D eigenvalue weighted by molar-refractivity contribution is 5.60. The molecule has 4 heterocycles. The summed E-state index contributed by atoms with van der Waals surface area (Å²) in [6.07, 6.45) is 1.29. The van der Waals surface area contributed by atoms with E-state index in [0.29, 0.717) is 22.8 Å². The SMILES string of the molecule is CC(C)(c1cccc(-c2ccc(F)nc2F)n1)c1cccc(-c2[nH]cc(C#N)c2F)n1. The quantitative estimate of drug-likeness (QED) is 0.464. The molecule has 0 bridgehead atoms. The van der Waals surface area contributed by atoms with Gasteiger partial charge in [-0.1, -0.05) is 12.1 Å². The summed E-state index contributed by atoms with van der Waals surface area (Å²) < 4.78 is 41.7. The molecule has 0 amide bonds. The lowest BCUT2D eigenvalue weighted by molar-refractivity contribution is 0.514. The van der Waals surface area contributed by atoms with Crippen LogP contribution in [0.1, 0.15) is 30.8 Å². The topological polar surface area (TPSA) is 78.2 Å². The van der Waals surface area contributed by atoms with Crippen molar-refractivity contribution in [1.82, 2.24) is 19.9 Å². The van der Waals surface area contributed by atoms with Crippen molar-refractivity contribution in [3.05, 3.63) is 89.4 Å². The molecule has 8 heteroatoms. The molecule has 0 aromatic carbocycles. The number of halogens is 3. The van der Waals surface area contributed by atoms with Crippen LogP contribution in [-0.2, 0) is 5.41 Å². The fourth-order valence-corrected chi connectivity index (χ4v) is 3.26. The molecule has 0 aliphatic rings. The first-order valence-corrected chi connectivity index (χ1v) is 9.36. The Morgan fingerprint density at radius 3 is 2.13 bits per heavy atom. The number of pyridine rings is 3. The van der Waals surface area contributed by atoms with Gasteiger partial charge < -0.3 is 4.98 Å². The van der Waals surface area contributed by atoms with E-state index >= 15 is 0 Å². The third-order valence-electron chi connectivity index (χ3n) is 5.06. The van der Waals surface area contributed by atoms with Crippen molar-refractivity contribution in [2.24, 2.45) is 0 Å². The molecule has 0 unspecified atom stereocenters. The number of nitrogens with zero attached hydrogens (tertiary/aromatic N) is 4. The average Bonchev–Trinajstić information content (AvgIpc) is 3.14. The smallest absolute Gasteiger partial charge is 0.224 e. The van der Waals surface area contributed by atoms with Crippen molar-refractivity contribution in [2.75, 3.05) is 0 Å². The van der Waals surface area contributed by atoms with Gasteiger partial charge in [0.2, 0.25) is 11.9 Å². The molecule has 1 N–H and O–H groups in total. The molecule has 0 saturated heterocycles. The number of hydrogen-bond acceptors (Lipinski definition) is 4. The van der Waals surface area contributed by atoms with Crippen LogP contribution in [0.5, 0.6) is 0 Å². The lowest BCUT2D eigenvalue weighted by Gasteiger charge is -2.24. The van der Waals surface area contributed by atoms with Crippen molar-refractivity contribution < 1.29 is 13.2 Å². The number of nitrogens with one attached hydrogen (secondary N) is 1. The number of aromatic nitrogens is 4. The van der Waals surface area contributed by atoms with E-state index in [1.165, 1.54) is 12.3 Å². The highest BCUT2D eigenvalue weighted by Crippen LogP contribution is 2.32. The van der Waals surface area contributed by atoms with E-state index in [-0.39, 0.29) is 16.8 Å². The van der Waals surface area contributed by atoms with Gasteiger partial charge in [0.05, 0.1) is 28.3 Å². The second-order valence-corrected chi connectivity index (χ2v) is 7.42. The number of H-pyrrole nitrogens is 1. The van der Waals surface area contributed by atoms with Gasteiger partial charge in [-0.3, -0.25) is 9.97 Å². The van der Waals surface area contributed by atoms with Crippen molar-refractivity contribution in [1.29, 1.82) is 5.26 Å². The molecule has 0 saturated carbocycles. The lowest BCUT2D eigenvalue weighted by Crippen LogP contribution is -2.22. The molecule has 4 aromatic heterocycles. The van der Waals surface area contributed by atoms with Gasteiger partial charge in [0.15, 0.2) is 5.82 Å². The molecule has 31 heavy (non-hydrogen) atoms. The maximum absolute atomic E-state index is 14.4. The Morgan fingerprint density at radius 1 is 0.871 bits per heavy atom. The van der Waals surface area contributed by atoms with Crippen LogP contribution in [0.3, 0.4) is 0 Å². The van der Waals surface area contributed by atoms with E-state index in [1.807, 2.05) is 13.8 Å². The number of hydrogen-bond donors (Lipinski definition) is 1. The predicted molar refractivity (Wildman–Crippen MR) is 108 cm³/mol. The van der Waals surface area contributed by atoms with E-state index in [2.05, 4.69) is 19.9 Å². The predicted octanol–water partition coefficient (Wildman–Crippen LogP) is 5.15. The van der Waals surface area contributed by atoms with E-state index in [4.69, 9.17) is 5.26 Å². The van der Waals surface area contributed by atoms with Crippen LogP contribution in [-0.4, -0.2) is 19.9 Å². The summed E-state index contributed by atoms with van der Waals surface area (Å²) >= 11 is 0. The molecule has 0 aliphatic heterocycles. The van der Waals surface area contributed by atoms with Crippen molar-refractivity contribution in [2.45, 2.75) is 19.3 Å². The molecular formula is C23H16F3N5. The van der Waals surface area contributed by atoms with E-state index < -0.39 is 23.1 Å². The molecule has 0 aliphatic carbocycles. The first-order chi connectivity index (χ1) is 14.8. The standard InChI is InChI=1S/C23H16F3N5/c1-23(2,17-7-3-5-15(29-17)14-9-10-19(24)31-22(14)26)18-8-4-6-16(30-18)21-20(25)13(11-27)12-28-21/h3-10,12,28H,1-2H3. The van der Waals surface area contributed by atoms with E-state index in [9.17, 15) is 13.2 Å². The van der Waals surface area contributed by atoms with Crippen molar-refractivity contribution >= 4 is 0 Å². The molecule has 5 nitrogen and oxygen atoms in total. The minimum absolute atomic E-state index is 0.0817. The Balaban J connectivity index is 1.75. The minimum atomic E-state index is -0.946. The van der Waals surface area contributed by atoms with Crippen LogP contribution in [0.4, 0.5) is 13.2 Å². The number of rotatable bonds is 4. The molecular weight excluding hydrogens is 403 g/mol. The van der Waals surface area contributed by atoms with Gasteiger partial charge in [0.1, 0.15) is 17.3 Å². The monoisotopic (exact) mass is 419 g/mol. The largest absolute Gasteiger partial charge is 0.356 e. The molecule has 0 fully saturated rings. The van der Waals surface area contributed by atoms with Crippen LogP contribution < -0.4 is 0 Å². The zero-order valence-electron chi connectivity index (χ0n) is 16.6. The molecule has 154 valence electrons. The number of nitriles is 1. The van der Waals surface area contributed by atoms with Crippen LogP contribution in [0.25, 0.3) is 22.6 Å². The maximum atomic E-state index is 14.4. The van der Waals surface area contributed by atoms with Crippen LogP contribution in [0, 0.1) is 29.0 Å². The summed E-state index contributed by atoms with van der Waals surface area (Å²) in [5.74, 6) is -2.52. The third kappa shape index (κ3) is 3.66. The molecule has 0 radical (unpaired) electrons. The van der Waals surface area contributed by atoms with Gasteiger partial charge in [0, 0.05) is 11.6 Å². The molecule has 4 rings (SSSR count). The Kier molecular flexibility index (Phi) is 5.03. The summed E-state index contributed by atoms with van der Waals surface area (Å²) in [6, 6.07) is 14.4. The summed E-state index contributed by atoms with van der Waals surface area (Å²) in [6.45, 7) is 3.77. The minimum Gasteiger partial charge on any atom is -0.356 e. The fraction of sp³-hybridized carbons (Fsp3) is 0.130. The average molecular weight is 419 g/mol. The van der Waals surface area contributed by atoms with Gasteiger partial charge in [-0.05, 0) is 50.2 Å². The third-order valence-corrected chi connectivity index (χ3v) is 5.06. The summed E-state index contributed by atoms with van der Waals surface area (Å²) in [4.78, 5) is 15.1. The summed E-state index contributed by atoms with van der Waals surface area (Å²) in [5, 5.41) is 8.98. The molecule has 0 spiro atoms. The zero-order chi connectivity index (χ0) is 22.2. The van der Waals surface area contributed by atoms with Crippen LogP contribution in [0.2, 0.25) is 0 Å². The van der Waals surface area contributed by atoms with Gasteiger partial charge in [-0.25, -0.2) is 4.39 Å². The van der Waals surface area contributed by atoms with Crippen LogP contribution >= 0.6 is 0 Å². The summed E-state index contributed by atoms with van der Waals surface area (Å²) in [7, 11) is 0. The number of aromatic amines is 1. The second kappa shape index (κ2) is 7.69. The zero-order valence-corrected chi connectivity index (χ0v) is 16.6. The van der Waals surface area contributed by atoms with Crippen molar-refractivity contribution in [3.63, 3.8) is 0 Å². The molecule has 0 atom stereocenters. The normalized spacial score (nSPS) is 11.4. The summed E-state index contributed by atoms with van der Waals surface area (Å²) in [5.41, 5.74) is 1.22. The highest BCUT2D eigenvalue weighted by Gasteiger charge is 2.28. The van der Waals surface area contributed by atoms with Crippen LogP contribution in [0.15, 0.2) is 54.7 Å². The first kappa shape index (κ1) is 20.3. The van der Waals surface area contributed by atoms with E-state index in [0.717, 1.165) is 6.07 Å². The molecule has 4 aromatic rings. The lowest BCUT2D eigenvalue weighted by atomic mass is 9.84. The Morgan fingerprint density at radius 2 is 1.52 bits per heavy atom. The van der Waals surface area contributed by atoms with Gasteiger partial charge in [-0.15, -0.1) is 0 Å².